The highest BCUT2D eigenvalue weighted by Crippen LogP contribution is 2.14. The van der Waals surface area contributed by atoms with E-state index in [0.29, 0.717) is 19.3 Å². The van der Waals surface area contributed by atoms with Crippen LogP contribution in [0, 0.1) is 0 Å². The molecule has 5 heteroatoms. The van der Waals surface area contributed by atoms with Crippen LogP contribution >= 0.6 is 0 Å². The molecule has 1 aromatic carbocycles. The summed E-state index contributed by atoms with van der Waals surface area (Å²) in [6.07, 6.45) is 4.67. The standard InChI is InChI=1S/C20H33N3O2/c1-3-5-11-22-20(21-4-2)23-15-17-7-6-8-18(14-17)16-25-19-9-12-24-13-10-19/h6-8,14,19H,3-5,9-13,15-16H2,1-2H3,(H2,21,22,23). The Morgan fingerprint density at radius 2 is 2.00 bits per heavy atom. The van der Waals surface area contributed by atoms with Gasteiger partial charge in [0.2, 0.25) is 0 Å². The number of ether oxygens (including phenoxy) is 2. The van der Waals surface area contributed by atoms with Gasteiger partial charge in [-0.2, -0.15) is 0 Å². The SMILES string of the molecule is CCCCNC(=NCc1cccc(COC2CCOCC2)c1)NCC. The molecule has 0 aromatic heterocycles. The lowest BCUT2D eigenvalue weighted by molar-refractivity contribution is -0.0390. The van der Waals surface area contributed by atoms with Gasteiger partial charge in [0.1, 0.15) is 0 Å². The monoisotopic (exact) mass is 347 g/mol. The van der Waals surface area contributed by atoms with E-state index in [4.69, 9.17) is 9.47 Å². The molecule has 0 unspecified atom stereocenters. The van der Waals surface area contributed by atoms with Gasteiger partial charge in [0.15, 0.2) is 5.96 Å². The summed E-state index contributed by atoms with van der Waals surface area (Å²) < 4.78 is 11.4. The number of rotatable bonds is 9. The minimum absolute atomic E-state index is 0.332. The zero-order valence-corrected chi connectivity index (χ0v) is 15.7. The molecule has 0 saturated carbocycles. The Balaban J connectivity index is 1.84. The van der Waals surface area contributed by atoms with Crippen molar-refractivity contribution >= 4 is 5.96 Å². The van der Waals surface area contributed by atoms with E-state index in [2.05, 4.69) is 53.7 Å². The molecule has 1 aliphatic heterocycles. The summed E-state index contributed by atoms with van der Waals surface area (Å²) in [5.74, 6) is 0.889. The highest BCUT2D eigenvalue weighted by Gasteiger charge is 2.13. The van der Waals surface area contributed by atoms with Gasteiger partial charge in [0.05, 0.1) is 19.3 Å². The van der Waals surface area contributed by atoms with Gasteiger partial charge in [0, 0.05) is 26.3 Å². The van der Waals surface area contributed by atoms with E-state index in [-0.39, 0.29) is 0 Å². The number of nitrogens with one attached hydrogen (secondary N) is 2. The van der Waals surface area contributed by atoms with Crippen LogP contribution in [0.25, 0.3) is 0 Å². The molecule has 2 rings (SSSR count). The lowest BCUT2D eigenvalue weighted by Gasteiger charge is -2.22. The summed E-state index contributed by atoms with van der Waals surface area (Å²) in [5.41, 5.74) is 2.42. The van der Waals surface area contributed by atoms with Crippen LogP contribution < -0.4 is 10.6 Å². The van der Waals surface area contributed by atoms with Crippen molar-refractivity contribution in [3.05, 3.63) is 35.4 Å². The summed E-state index contributed by atoms with van der Waals surface area (Å²) in [5, 5.41) is 6.67. The summed E-state index contributed by atoms with van der Waals surface area (Å²) in [6, 6.07) is 8.53. The zero-order chi connectivity index (χ0) is 17.7. The van der Waals surface area contributed by atoms with E-state index in [0.717, 1.165) is 51.5 Å². The molecular formula is C20H33N3O2. The molecule has 1 fully saturated rings. The molecule has 1 aliphatic rings. The first-order chi connectivity index (χ1) is 12.3. The molecular weight excluding hydrogens is 314 g/mol. The molecule has 0 amide bonds. The van der Waals surface area contributed by atoms with Crippen molar-refractivity contribution in [2.75, 3.05) is 26.3 Å². The van der Waals surface area contributed by atoms with Gasteiger partial charge in [-0.25, -0.2) is 4.99 Å². The molecule has 140 valence electrons. The Morgan fingerprint density at radius 1 is 1.20 bits per heavy atom. The second-order valence-electron chi connectivity index (χ2n) is 6.42. The maximum Gasteiger partial charge on any atom is 0.191 e. The topological polar surface area (TPSA) is 54.9 Å². The molecule has 1 aromatic rings. The van der Waals surface area contributed by atoms with Crippen molar-refractivity contribution in [1.29, 1.82) is 0 Å². The van der Waals surface area contributed by atoms with Crippen LogP contribution in [0.1, 0.15) is 50.7 Å². The summed E-state index contributed by atoms with van der Waals surface area (Å²) in [4.78, 5) is 4.68. The predicted octanol–water partition coefficient (Wildman–Crippen LogP) is 3.24. The van der Waals surface area contributed by atoms with Crippen molar-refractivity contribution < 1.29 is 9.47 Å². The van der Waals surface area contributed by atoms with Crippen LogP contribution in [-0.2, 0) is 22.6 Å². The average Bonchev–Trinajstić information content (AvgIpc) is 2.66. The van der Waals surface area contributed by atoms with Gasteiger partial charge in [0.25, 0.3) is 0 Å². The van der Waals surface area contributed by atoms with E-state index in [1.54, 1.807) is 0 Å². The Labute approximate surface area is 152 Å². The first-order valence-corrected chi connectivity index (χ1v) is 9.61. The highest BCUT2D eigenvalue weighted by atomic mass is 16.5. The molecule has 1 saturated heterocycles. The van der Waals surface area contributed by atoms with E-state index in [1.165, 1.54) is 17.5 Å². The number of hydrogen-bond acceptors (Lipinski definition) is 3. The van der Waals surface area contributed by atoms with Crippen LogP contribution in [0.3, 0.4) is 0 Å². The quantitative estimate of drug-likeness (QED) is 0.409. The molecule has 0 atom stereocenters. The molecule has 0 radical (unpaired) electrons. The van der Waals surface area contributed by atoms with Crippen LogP contribution in [-0.4, -0.2) is 38.4 Å². The fraction of sp³-hybridized carbons (Fsp3) is 0.650. The second-order valence-corrected chi connectivity index (χ2v) is 6.42. The molecule has 2 N–H and O–H groups in total. The Kier molecular flexibility index (Phi) is 9.37. The van der Waals surface area contributed by atoms with Gasteiger partial charge in [-0.15, -0.1) is 0 Å². The third-order valence-electron chi connectivity index (χ3n) is 4.23. The minimum Gasteiger partial charge on any atom is -0.381 e. The molecule has 5 nitrogen and oxygen atoms in total. The maximum atomic E-state index is 6.01. The molecule has 1 heterocycles. The van der Waals surface area contributed by atoms with Crippen molar-refractivity contribution in [2.45, 2.75) is 58.8 Å². The van der Waals surface area contributed by atoms with Crippen LogP contribution in [0.5, 0.6) is 0 Å². The van der Waals surface area contributed by atoms with Gasteiger partial charge < -0.3 is 20.1 Å². The lowest BCUT2D eigenvalue weighted by atomic mass is 10.1. The Bertz CT molecular complexity index is 513. The van der Waals surface area contributed by atoms with Crippen LogP contribution in [0.4, 0.5) is 0 Å². The summed E-state index contributed by atoms with van der Waals surface area (Å²) in [6.45, 7) is 9.09. The van der Waals surface area contributed by atoms with Gasteiger partial charge in [-0.1, -0.05) is 37.6 Å². The molecule has 25 heavy (non-hydrogen) atoms. The first-order valence-electron chi connectivity index (χ1n) is 9.61. The maximum absolute atomic E-state index is 6.01. The van der Waals surface area contributed by atoms with Crippen LogP contribution in [0.2, 0.25) is 0 Å². The Morgan fingerprint density at radius 3 is 2.76 bits per heavy atom. The number of hydrogen-bond donors (Lipinski definition) is 2. The lowest BCUT2D eigenvalue weighted by Crippen LogP contribution is -2.37. The van der Waals surface area contributed by atoms with Crippen LogP contribution in [0.15, 0.2) is 29.3 Å². The molecule has 0 bridgehead atoms. The summed E-state index contributed by atoms with van der Waals surface area (Å²) in [7, 11) is 0. The minimum atomic E-state index is 0.332. The van der Waals surface area contributed by atoms with E-state index in [1.807, 2.05) is 0 Å². The Hall–Kier alpha value is -1.59. The average molecular weight is 348 g/mol. The first kappa shape index (κ1) is 19.7. The van der Waals surface area contributed by atoms with E-state index in [9.17, 15) is 0 Å². The molecule has 0 spiro atoms. The smallest absolute Gasteiger partial charge is 0.191 e. The van der Waals surface area contributed by atoms with E-state index < -0.39 is 0 Å². The number of unbranched alkanes of at least 4 members (excludes halogenated alkanes) is 1. The van der Waals surface area contributed by atoms with Crippen molar-refractivity contribution in [1.82, 2.24) is 10.6 Å². The number of benzene rings is 1. The van der Waals surface area contributed by atoms with Gasteiger partial charge in [-0.05, 0) is 37.3 Å². The fourth-order valence-corrected chi connectivity index (χ4v) is 2.77. The predicted molar refractivity (Wildman–Crippen MR) is 103 cm³/mol. The van der Waals surface area contributed by atoms with Crippen molar-refractivity contribution in [2.24, 2.45) is 4.99 Å². The molecule has 0 aliphatic carbocycles. The van der Waals surface area contributed by atoms with E-state index >= 15 is 0 Å². The second kappa shape index (κ2) is 11.9. The normalized spacial score (nSPS) is 16.0. The highest BCUT2D eigenvalue weighted by molar-refractivity contribution is 5.79. The van der Waals surface area contributed by atoms with Gasteiger partial charge >= 0.3 is 0 Å². The third-order valence-corrected chi connectivity index (χ3v) is 4.23. The number of aliphatic imine (C=N–C) groups is 1. The zero-order valence-electron chi connectivity index (χ0n) is 15.7. The van der Waals surface area contributed by atoms with Crippen molar-refractivity contribution in [3.8, 4) is 0 Å². The number of guanidine groups is 1. The van der Waals surface area contributed by atoms with Gasteiger partial charge in [-0.3, -0.25) is 0 Å². The fourth-order valence-electron chi connectivity index (χ4n) is 2.77. The number of nitrogens with zero attached hydrogens (tertiary/aromatic N) is 1. The summed E-state index contributed by atoms with van der Waals surface area (Å²) >= 11 is 0. The van der Waals surface area contributed by atoms with Crippen molar-refractivity contribution in [3.63, 3.8) is 0 Å². The largest absolute Gasteiger partial charge is 0.381 e. The third kappa shape index (κ3) is 7.88.